The molecule has 0 spiro atoms. The molecule has 0 bridgehead atoms. The number of hydrogen-bond acceptors (Lipinski definition) is 2. The van der Waals surface area contributed by atoms with Crippen LogP contribution in [-0.2, 0) is 9.47 Å². The molecule has 0 aromatic heterocycles. The monoisotopic (exact) mass is 384 g/mol. The number of ether oxygens (including phenoxy) is 2. The van der Waals surface area contributed by atoms with E-state index in [2.05, 4.69) is 13.8 Å². The molecule has 0 N–H and O–H groups in total. The third-order valence-corrected chi connectivity index (χ3v) is 5.36. The fourth-order valence-electron chi connectivity index (χ4n) is 3.47. The van der Waals surface area contributed by atoms with E-state index in [4.69, 9.17) is 9.47 Å². The first-order valence-corrected chi connectivity index (χ1v) is 12.6. The number of unbranched alkanes of at least 4 members (excludes halogenated alkanes) is 16. The van der Waals surface area contributed by atoms with Gasteiger partial charge in [0.25, 0.3) is 0 Å². The first kappa shape index (κ1) is 26.9. The molecule has 2 nitrogen and oxygen atoms in total. The molecular formula is C25H52O2. The van der Waals surface area contributed by atoms with Gasteiger partial charge in [0.15, 0.2) is 0 Å². The second-order valence-corrected chi connectivity index (χ2v) is 8.24. The molecule has 0 fully saturated rings. The van der Waals surface area contributed by atoms with Crippen molar-refractivity contribution in [2.24, 2.45) is 0 Å². The van der Waals surface area contributed by atoms with Crippen LogP contribution >= 0.6 is 0 Å². The van der Waals surface area contributed by atoms with Gasteiger partial charge in [-0.15, -0.1) is 0 Å². The SMILES string of the molecule is CCCCCCCCCCOCCCCCOCCCCCCCCCC. The Morgan fingerprint density at radius 1 is 0.296 bits per heavy atom. The first-order chi connectivity index (χ1) is 13.4. The molecule has 0 atom stereocenters. The maximum absolute atomic E-state index is 5.74. The van der Waals surface area contributed by atoms with E-state index in [1.54, 1.807) is 0 Å². The highest BCUT2D eigenvalue weighted by molar-refractivity contribution is 4.48. The number of hydrogen-bond donors (Lipinski definition) is 0. The van der Waals surface area contributed by atoms with Crippen LogP contribution < -0.4 is 0 Å². The molecule has 2 heteroatoms. The van der Waals surface area contributed by atoms with Gasteiger partial charge in [-0.25, -0.2) is 0 Å². The Morgan fingerprint density at radius 2 is 0.519 bits per heavy atom. The molecular weight excluding hydrogens is 332 g/mol. The van der Waals surface area contributed by atoms with Crippen LogP contribution in [0.5, 0.6) is 0 Å². The van der Waals surface area contributed by atoms with Gasteiger partial charge in [-0.05, 0) is 32.1 Å². The molecule has 0 aromatic rings. The summed E-state index contributed by atoms with van der Waals surface area (Å²) < 4.78 is 11.5. The molecule has 0 unspecified atom stereocenters. The molecule has 0 aromatic carbocycles. The Hall–Kier alpha value is -0.0800. The van der Waals surface area contributed by atoms with Crippen LogP contribution in [0.15, 0.2) is 0 Å². The fourth-order valence-corrected chi connectivity index (χ4v) is 3.47. The molecule has 0 aliphatic heterocycles. The summed E-state index contributed by atoms with van der Waals surface area (Å²) >= 11 is 0. The van der Waals surface area contributed by atoms with Crippen LogP contribution in [0.1, 0.15) is 136 Å². The third-order valence-electron chi connectivity index (χ3n) is 5.36. The van der Waals surface area contributed by atoms with Crippen LogP contribution in [0.4, 0.5) is 0 Å². The summed E-state index contributed by atoms with van der Waals surface area (Å²) in [6.45, 7) is 8.36. The van der Waals surface area contributed by atoms with Crippen molar-refractivity contribution in [3.8, 4) is 0 Å². The Labute approximate surface area is 172 Å². The molecule has 27 heavy (non-hydrogen) atoms. The van der Waals surface area contributed by atoms with Crippen LogP contribution in [0.25, 0.3) is 0 Å². The standard InChI is InChI=1S/C25H52O2/c1-3-5-7-9-11-13-15-18-22-26-24-20-17-21-25-27-23-19-16-14-12-10-8-6-4-2/h3-25H2,1-2H3. The van der Waals surface area contributed by atoms with Crippen molar-refractivity contribution in [2.45, 2.75) is 136 Å². The van der Waals surface area contributed by atoms with E-state index in [0.29, 0.717) is 0 Å². The molecule has 0 heterocycles. The van der Waals surface area contributed by atoms with Gasteiger partial charge in [0, 0.05) is 26.4 Å². The maximum Gasteiger partial charge on any atom is 0.0466 e. The molecule has 0 aliphatic carbocycles. The average molecular weight is 385 g/mol. The van der Waals surface area contributed by atoms with Crippen LogP contribution in [-0.4, -0.2) is 26.4 Å². The smallest absolute Gasteiger partial charge is 0.0466 e. The van der Waals surface area contributed by atoms with E-state index in [9.17, 15) is 0 Å². The molecule has 0 aliphatic rings. The van der Waals surface area contributed by atoms with Crippen LogP contribution in [0.2, 0.25) is 0 Å². The summed E-state index contributed by atoms with van der Waals surface area (Å²) in [5.74, 6) is 0. The quantitative estimate of drug-likeness (QED) is 0.155. The summed E-state index contributed by atoms with van der Waals surface area (Å²) in [5.41, 5.74) is 0. The molecule has 0 amide bonds. The lowest BCUT2D eigenvalue weighted by atomic mass is 10.1. The summed E-state index contributed by atoms with van der Waals surface area (Å²) in [4.78, 5) is 0. The molecule has 164 valence electrons. The van der Waals surface area contributed by atoms with Gasteiger partial charge >= 0.3 is 0 Å². The van der Waals surface area contributed by atoms with E-state index in [0.717, 1.165) is 26.4 Å². The van der Waals surface area contributed by atoms with Crippen molar-refractivity contribution in [3.63, 3.8) is 0 Å². The van der Waals surface area contributed by atoms with Crippen molar-refractivity contribution in [2.75, 3.05) is 26.4 Å². The summed E-state index contributed by atoms with van der Waals surface area (Å²) in [6.07, 6.45) is 25.6. The Morgan fingerprint density at radius 3 is 0.815 bits per heavy atom. The summed E-state index contributed by atoms with van der Waals surface area (Å²) in [5, 5.41) is 0. The second-order valence-electron chi connectivity index (χ2n) is 8.24. The minimum absolute atomic E-state index is 0.939. The van der Waals surface area contributed by atoms with Crippen molar-refractivity contribution >= 4 is 0 Å². The van der Waals surface area contributed by atoms with E-state index < -0.39 is 0 Å². The van der Waals surface area contributed by atoms with E-state index in [1.807, 2.05) is 0 Å². The summed E-state index contributed by atoms with van der Waals surface area (Å²) in [6, 6.07) is 0. The second kappa shape index (κ2) is 25.9. The fraction of sp³-hybridized carbons (Fsp3) is 1.00. The largest absolute Gasteiger partial charge is 0.381 e. The van der Waals surface area contributed by atoms with Crippen LogP contribution in [0.3, 0.4) is 0 Å². The van der Waals surface area contributed by atoms with Crippen LogP contribution in [0, 0.1) is 0 Å². The summed E-state index contributed by atoms with van der Waals surface area (Å²) in [7, 11) is 0. The van der Waals surface area contributed by atoms with Gasteiger partial charge in [0.1, 0.15) is 0 Å². The Balaban J connectivity index is 2.95. The highest BCUT2D eigenvalue weighted by Gasteiger charge is 1.95. The van der Waals surface area contributed by atoms with E-state index in [1.165, 1.54) is 122 Å². The van der Waals surface area contributed by atoms with Gasteiger partial charge in [0.05, 0.1) is 0 Å². The molecule has 0 radical (unpaired) electrons. The highest BCUT2D eigenvalue weighted by Crippen LogP contribution is 2.09. The Bertz CT molecular complexity index is 218. The van der Waals surface area contributed by atoms with Crippen molar-refractivity contribution in [1.82, 2.24) is 0 Å². The average Bonchev–Trinajstić information content (AvgIpc) is 2.68. The zero-order valence-electron chi connectivity index (χ0n) is 19.1. The maximum atomic E-state index is 5.74. The van der Waals surface area contributed by atoms with Gasteiger partial charge < -0.3 is 9.47 Å². The van der Waals surface area contributed by atoms with Gasteiger partial charge in [0.2, 0.25) is 0 Å². The van der Waals surface area contributed by atoms with Gasteiger partial charge in [-0.1, -0.05) is 104 Å². The topological polar surface area (TPSA) is 18.5 Å². The lowest BCUT2D eigenvalue weighted by Crippen LogP contribution is -2.00. The molecule has 0 saturated carbocycles. The van der Waals surface area contributed by atoms with Gasteiger partial charge in [-0.2, -0.15) is 0 Å². The van der Waals surface area contributed by atoms with Crippen molar-refractivity contribution in [1.29, 1.82) is 0 Å². The van der Waals surface area contributed by atoms with E-state index in [-0.39, 0.29) is 0 Å². The van der Waals surface area contributed by atoms with Gasteiger partial charge in [-0.3, -0.25) is 0 Å². The third kappa shape index (κ3) is 25.9. The predicted molar refractivity (Wildman–Crippen MR) is 121 cm³/mol. The normalized spacial score (nSPS) is 11.3. The zero-order chi connectivity index (χ0) is 19.7. The Kier molecular flexibility index (Phi) is 25.8. The van der Waals surface area contributed by atoms with Crippen molar-refractivity contribution < 1.29 is 9.47 Å². The first-order valence-electron chi connectivity index (χ1n) is 12.6. The lowest BCUT2D eigenvalue weighted by molar-refractivity contribution is 0.111. The number of rotatable bonds is 24. The zero-order valence-corrected chi connectivity index (χ0v) is 19.1. The molecule has 0 saturated heterocycles. The minimum Gasteiger partial charge on any atom is -0.381 e. The minimum atomic E-state index is 0.939. The van der Waals surface area contributed by atoms with E-state index >= 15 is 0 Å². The molecule has 0 rings (SSSR count). The predicted octanol–water partition coefficient (Wildman–Crippen LogP) is 8.47. The highest BCUT2D eigenvalue weighted by atomic mass is 16.5. The lowest BCUT2D eigenvalue weighted by Gasteiger charge is -2.06. The van der Waals surface area contributed by atoms with Crippen molar-refractivity contribution in [3.05, 3.63) is 0 Å².